The molecule has 2 rings (SSSR count). The molecule has 0 unspecified atom stereocenters. The molecule has 1 nitrogen and oxygen atoms in total. The van der Waals surface area contributed by atoms with Gasteiger partial charge in [0.05, 0.1) is 0 Å². The fourth-order valence-corrected chi connectivity index (χ4v) is 2.40. The summed E-state index contributed by atoms with van der Waals surface area (Å²) in [7, 11) is 0. The van der Waals surface area contributed by atoms with E-state index in [0.717, 1.165) is 0 Å². The molecule has 2 aromatic carbocycles. The lowest BCUT2D eigenvalue weighted by Gasteiger charge is -2.25. The van der Waals surface area contributed by atoms with Crippen LogP contribution >= 0.6 is 0 Å². The Hall–Kier alpha value is -1.76. The van der Waals surface area contributed by atoms with Gasteiger partial charge in [0.15, 0.2) is 0 Å². The first-order valence-corrected chi connectivity index (χ1v) is 7.87. The van der Waals surface area contributed by atoms with Gasteiger partial charge in [0.2, 0.25) is 0 Å². The standard InChI is InChI=1S/C15H24.C6H6O/c1-11-10-12(14(2,3)4)8-9-13(11)15(5,6)7;7-6-4-2-1-3-5-6/h8-10H,1-7H3;1-5,7H. The first-order valence-electron chi connectivity index (χ1n) is 7.87. The van der Waals surface area contributed by atoms with Crippen molar-refractivity contribution in [1.82, 2.24) is 0 Å². The minimum absolute atomic E-state index is 0.250. The highest BCUT2D eigenvalue weighted by atomic mass is 16.3. The fourth-order valence-electron chi connectivity index (χ4n) is 2.40. The normalized spacial score (nSPS) is 11.6. The van der Waals surface area contributed by atoms with Crippen LogP contribution in [0.4, 0.5) is 0 Å². The summed E-state index contributed by atoms with van der Waals surface area (Å²) in [6, 6.07) is 15.6. The smallest absolute Gasteiger partial charge is 0.115 e. The van der Waals surface area contributed by atoms with E-state index in [9.17, 15) is 0 Å². The van der Waals surface area contributed by atoms with Crippen LogP contribution in [0.15, 0.2) is 48.5 Å². The van der Waals surface area contributed by atoms with Gasteiger partial charge in [-0.3, -0.25) is 0 Å². The molecule has 0 saturated heterocycles. The summed E-state index contributed by atoms with van der Waals surface area (Å²) in [5.74, 6) is 0.322. The van der Waals surface area contributed by atoms with Crippen LogP contribution in [0.1, 0.15) is 58.2 Å². The second-order valence-corrected chi connectivity index (χ2v) is 7.87. The molecule has 0 aromatic heterocycles. The van der Waals surface area contributed by atoms with E-state index in [2.05, 4.69) is 66.7 Å². The monoisotopic (exact) mass is 298 g/mol. The van der Waals surface area contributed by atoms with Crippen molar-refractivity contribution in [1.29, 1.82) is 0 Å². The molecular weight excluding hydrogens is 268 g/mol. The van der Waals surface area contributed by atoms with Gasteiger partial charge < -0.3 is 5.11 Å². The van der Waals surface area contributed by atoms with E-state index < -0.39 is 0 Å². The molecule has 1 N–H and O–H groups in total. The highest BCUT2D eigenvalue weighted by Gasteiger charge is 2.19. The van der Waals surface area contributed by atoms with Crippen LogP contribution in [0.2, 0.25) is 0 Å². The number of benzene rings is 2. The zero-order chi connectivity index (χ0) is 17.0. The second-order valence-electron chi connectivity index (χ2n) is 7.87. The lowest BCUT2D eigenvalue weighted by Crippen LogP contribution is -2.16. The lowest BCUT2D eigenvalue weighted by molar-refractivity contribution is 0.475. The topological polar surface area (TPSA) is 20.2 Å². The van der Waals surface area contributed by atoms with Crippen molar-refractivity contribution in [2.75, 3.05) is 0 Å². The van der Waals surface area contributed by atoms with Crippen molar-refractivity contribution in [3.63, 3.8) is 0 Å². The first kappa shape index (κ1) is 18.3. The lowest BCUT2D eigenvalue weighted by atomic mass is 9.80. The highest BCUT2D eigenvalue weighted by Crippen LogP contribution is 2.30. The molecule has 22 heavy (non-hydrogen) atoms. The summed E-state index contributed by atoms with van der Waals surface area (Å²) in [5.41, 5.74) is 4.79. The van der Waals surface area contributed by atoms with Crippen molar-refractivity contribution >= 4 is 0 Å². The van der Waals surface area contributed by atoms with Crippen molar-refractivity contribution in [3.8, 4) is 5.75 Å². The molecule has 0 aliphatic rings. The Balaban J connectivity index is 0.000000287. The van der Waals surface area contributed by atoms with Gasteiger partial charge in [0.25, 0.3) is 0 Å². The van der Waals surface area contributed by atoms with E-state index in [4.69, 9.17) is 5.11 Å². The molecule has 0 atom stereocenters. The Bertz CT molecular complexity index is 584. The Morgan fingerprint density at radius 2 is 1.27 bits per heavy atom. The minimum atomic E-state index is 0.250. The number of hydrogen-bond acceptors (Lipinski definition) is 1. The molecule has 0 saturated carbocycles. The van der Waals surface area contributed by atoms with E-state index in [-0.39, 0.29) is 10.8 Å². The van der Waals surface area contributed by atoms with Crippen LogP contribution in [-0.4, -0.2) is 5.11 Å². The van der Waals surface area contributed by atoms with Gasteiger partial charge >= 0.3 is 0 Å². The Morgan fingerprint density at radius 3 is 1.59 bits per heavy atom. The van der Waals surface area contributed by atoms with Crippen molar-refractivity contribution in [2.24, 2.45) is 0 Å². The average molecular weight is 298 g/mol. The second kappa shape index (κ2) is 7.00. The maximum Gasteiger partial charge on any atom is 0.115 e. The fraction of sp³-hybridized carbons (Fsp3) is 0.429. The molecule has 120 valence electrons. The quantitative estimate of drug-likeness (QED) is 0.634. The van der Waals surface area contributed by atoms with Crippen molar-refractivity contribution in [3.05, 3.63) is 65.2 Å². The van der Waals surface area contributed by atoms with Crippen LogP contribution in [0.3, 0.4) is 0 Å². The molecule has 1 heteroatoms. The summed E-state index contributed by atoms with van der Waals surface area (Å²) in [6.45, 7) is 15.8. The summed E-state index contributed by atoms with van der Waals surface area (Å²) in [6.07, 6.45) is 0. The average Bonchev–Trinajstić information content (AvgIpc) is 2.37. The third-order valence-corrected chi connectivity index (χ3v) is 3.66. The summed E-state index contributed by atoms with van der Waals surface area (Å²) < 4.78 is 0. The predicted octanol–water partition coefficient (Wildman–Crippen LogP) is 5.98. The molecule has 0 heterocycles. The van der Waals surface area contributed by atoms with Crippen molar-refractivity contribution < 1.29 is 5.11 Å². The Labute approximate surface area is 136 Å². The molecule has 0 spiro atoms. The van der Waals surface area contributed by atoms with E-state index in [1.165, 1.54) is 16.7 Å². The highest BCUT2D eigenvalue weighted by molar-refractivity contribution is 5.37. The maximum absolute atomic E-state index is 8.63. The Morgan fingerprint density at radius 1 is 0.727 bits per heavy atom. The van der Waals surface area contributed by atoms with Crippen molar-refractivity contribution in [2.45, 2.75) is 59.3 Å². The predicted molar refractivity (Wildman–Crippen MR) is 96.7 cm³/mol. The van der Waals surface area contributed by atoms with Crippen LogP contribution in [0.25, 0.3) is 0 Å². The first-order chi connectivity index (χ1) is 10.0. The molecule has 0 amide bonds. The number of para-hydroxylation sites is 1. The van der Waals surface area contributed by atoms with Gasteiger partial charge in [-0.15, -0.1) is 0 Å². The molecule has 0 radical (unpaired) electrons. The molecule has 0 aliphatic carbocycles. The Kier molecular flexibility index (Phi) is 5.82. The number of phenols is 1. The van der Waals surface area contributed by atoms with Gasteiger partial charge in [-0.25, -0.2) is 0 Å². The number of hydrogen-bond donors (Lipinski definition) is 1. The number of aryl methyl sites for hydroxylation is 1. The van der Waals surface area contributed by atoms with Crippen LogP contribution in [0, 0.1) is 6.92 Å². The van der Waals surface area contributed by atoms with Gasteiger partial charge in [0.1, 0.15) is 5.75 Å². The van der Waals surface area contributed by atoms with Gasteiger partial charge in [-0.1, -0.05) is 77.9 Å². The zero-order valence-electron chi connectivity index (χ0n) is 15.1. The van der Waals surface area contributed by atoms with Gasteiger partial charge in [0, 0.05) is 0 Å². The minimum Gasteiger partial charge on any atom is -0.508 e. The van der Waals surface area contributed by atoms with E-state index in [1.54, 1.807) is 24.3 Å². The number of aromatic hydroxyl groups is 1. The van der Waals surface area contributed by atoms with E-state index >= 15 is 0 Å². The summed E-state index contributed by atoms with van der Waals surface area (Å²) in [4.78, 5) is 0. The largest absolute Gasteiger partial charge is 0.508 e. The third kappa shape index (κ3) is 5.55. The van der Waals surface area contributed by atoms with Gasteiger partial charge in [-0.2, -0.15) is 0 Å². The SMILES string of the molecule is Cc1cc(C(C)(C)C)ccc1C(C)(C)C.Oc1ccccc1. The third-order valence-electron chi connectivity index (χ3n) is 3.66. The maximum atomic E-state index is 8.63. The van der Waals surface area contributed by atoms with Crippen LogP contribution in [-0.2, 0) is 10.8 Å². The molecular formula is C21H30O. The van der Waals surface area contributed by atoms with Crippen LogP contribution in [0.5, 0.6) is 5.75 Å². The van der Waals surface area contributed by atoms with Gasteiger partial charge in [-0.05, 0) is 46.6 Å². The number of rotatable bonds is 0. The molecule has 0 aliphatic heterocycles. The molecule has 2 aromatic rings. The summed E-state index contributed by atoms with van der Waals surface area (Å²) >= 11 is 0. The van der Waals surface area contributed by atoms with E-state index in [1.807, 2.05) is 6.07 Å². The molecule has 0 fully saturated rings. The molecule has 0 bridgehead atoms. The summed E-state index contributed by atoms with van der Waals surface area (Å²) in [5, 5.41) is 8.63. The van der Waals surface area contributed by atoms with E-state index in [0.29, 0.717) is 5.75 Å². The zero-order valence-corrected chi connectivity index (χ0v) is 15.1. The van der Waals surface area contributed by atoms with Crippen LogP contribution < -0.4 is 0 Å². The number of phenolic OH excluding ortho intramolecular Hbond substituents is 1.